The maximum absolute atomic E-state index is 13.1. The molecule has 1 amide bonds. The van der Waals surface area contributed by atoms with E-state index in [4.69, 9.17) is 4.74 Å². The molecule has 1 heterocycles. The SMILES string of the molecule is O=C(Nc1ccc(F)cc1)c1ccc(-c2cnc(COc3ccccc3)[nH]2)cc1OC(=O)C(F)(F)F. The van der Waals surface area contributed by atoms with E-state index in [1.165, 1.54) is 30.5 Å². The molecule has 0 radical (unpaired) electrons. The third kappa shape index (κ3) is 6.06. The van der Waals surface area contributed by atoms with Gasteiger partial charge >= 0.3 is 12.1 Å². The first-order valence-electron chi connectivity index (χ1n) is 10.4. The van der Waals surface area contributed by atoms with E-state index in [1.54, 1.807) is 24.3 Å². The van der Waals surface area contributed by atoms with Gasteiger partial charge in [0, 0.05) is 11.3 Å². The number of carbonyl (C=O) groups is 2. The van der Waals surface area contributed by atoms with Crippen LogP contribution in [0.2, 0.25) is 0 Å². The Morgan fingerprint density at radius 2 is 1.69 bits per heavy atom. The van der Waals surface area contributed by atoms with E-state index in [2.05, 4.69) is 20.0 Å². The Bertz CT molecular complexity index is 1370. The number of ether oxygens (including phenoxy) is 2. The van der Waals surface area contributed by atoms with E-state index in [9.17, 15) is 27.2 Å². The van der Waals surface area contributed by atoms with E-state index >= 15 is 0 Å². The number of benzene rings is 3. The van der Waals surface area contributed by atoms with Crippen molar-refractivity contribution in [2.45, 2.75) is 12.8 Å². The van der Waals surface area contributed by atoms with Gasteiger partial charge < -0.3 is 19.8 Å². The summed E-state index contributed by atoms with van der Waals surface area (Å²) < 4.78 is 61.8. The number of aromatic nitrogens is 2. The van der Waals surface area contributed by atoms with Gasteiger partial charge in [-0.1, -0.05) is 24.3 Å². The quantitative estimate of drug-likeness (QED) is 0.199. The highest BCUT2D eigenvalue weighted by Crippen LogP contribution is 2.30. The fourth-order valence-electron chi connectivity index (χ4n) is 3.10. The van der Waals surface area contributed by atoms with E-state index in [-0.39, 0.29) is 17.9 Å². The minimum absolute atomic E-state index is 0.0953. The van der Waals surface area contributed by atoms with Crippen LogP contribution in [0, 0.1) is 5.82 Å². The number of hydrogen-bond acceptors (Lipinski definition) is 5. The van der Waals surface area contributed by atoms with Crippen LogP contribution in [-0.4, -0.2) is 28.0 Å². The molecule has 0 aliphatic rings. The van der Waals surface area contributed by atoms with Gasteiger partial charge in [0.25, 0.3) is 5.91 Å². The average molecular weight is 499 g/mol. The summed E-state index contributed by atoms with van der Waals surface area (Å²) in [5.74, 6) is -3.46. The second-order valence-corrected chi connectivity index (χ2v) is 7.40. The van der Waals surface area contributed by atoms with E-state index in [0.29, 0.717) is 22.8 Å². The molecule has 4 rings (SSSR count). The number of imidazole rings is 1. The van der Waals surface area contributed by atoms with Crippen molar-refractivity contribution in [1.82, 2.24) is 9.97 Å². The van der Waals surface area contributed by atoms with E-state index < -0.39 is 29.6 Å². The maximum atomic E-state index is 13.1. The lowest BCUT2D eigenvalue weighted by Crippen LogP contribution is -2.29. The molecule has 0 saturated carbocycles. The standard InChI is InChI=1S/C25H17F4N3O4/c26-16-7-9-17(10-8-16)31-23(33)19-11-6-15(12-21(19)36-24(34)25(27,28)29)20-13-30-22(32-20)14-35-18-4-2-1-3-5-18/h1-13H,14H2,(H,30,32)(H,31,33). The molecular weight excluding hydrogens is 482 g/mol. The van der Waals surface area contributed by atoms with Crippen molar-refractivity contribution in [3.63, 3.8) is 0 Å². The molecule has 0 bridgehead atoms. The lowest BCUT2D eigenvalue weighted by atomic mass is 10.1. The van der Waals surface area contributed by atoms with Crippen molar-refractivity contribution >= 4 is 17.6 Å². The summed E-state index contributed by atoms with van der Waals surface area (Å²) in [4.78, 5) is 31.4. The largest absolute Gasteiger partial charge is 0.491 e. The lowest BCUT2D eigenvalue weighted by Gasteiger charge is -2.13. The number of nitrogens with one attached hydrogen (secondary N) is 2. The van der Waals surface area contributed by atoms with Crippen molar-refractivity contribution in [1.29, 1.82) is 0 Å². The molecule has 184 valence electrons. The first kappa shape index (κ1) is 24.5. The number of H-pyrrole nitrogens is 1. The number of nitrogens with zero attached hydrogens (tertiary/aromatic N) is 1. The molecule has 2 N–H and O–H groups in total. The second kappa shape index (κ2) is 10.3. The molecule has 0 unspecified atom stereocenters. The first-order valence-corrected chi connectivity index (χ1v) is 10.4. The van der Waals surface area contributed by atoms with Crippen LogP contribution in [0.3, 0.4) is 0 Å². The summed E-state index contributed by atoms with van der Waals surface area (Å²) >= 11 is 0. The normalized spacial score (nSPS) is 11.1. The number of para-hydroxylation sites is 1. The van der Waals surface area contributed by atoms with Crippen molar-refractivity contribution < 1.29 is 36.6 Å². The Balaban J connectivity index is 1.58. The zero-order chi connectivity index (χ0) is 25.7. The van der Waals surface area contributed by atoms with Gasteiger partial charge in [0.15, 0.2) is 0 Å². The monoisotopic (exact) mass is 499 g/mol. The smallest absolute Gasteiger partial charge is 0.486 e. The molecule has 0 fully saturated rings. The topological polar surface area (TPSA) is 93.3 Å². The first-order chi connectivity index (χ1) is 17.2. The summed E-state index contributed by atoms with van der Waals surface area (Å²) in [6.45, 7) is 0.0953. The van der Waals surface area contributed by atoms with Gasteiger partial charge in [-0.2, -0.15) is 13.2 Å². The third-order valence-corrected chi connectivity index (χ3v) is 4.82. The van der Waals surface area contributed by atoms with Crippen molar-refractivity contribution in [2.24, 2.45) is 0 Å². The Labute approximate surface area is 201 Å². The number of halogens is 4. The number of aromatic amines is 1. The van der Waals surface area contributed by atoms with E-state index in [0.717, 1.165) is 18.2 Å². The molecule has 0 spiro atoms. The van der Waals surface area contributed by atoms with Crippen LogP contribution in [0.1, 0.15) is 16.2 Å². The highest BCUT2D eigenvalue weighted by Gasteiger charge is 2.42. The van der Waals surface area contributed by atoms with Crippen molar-refractivity contribution in [3.8, 4) is 22.8 Å². The number of esters is 1. The fourth-order valence-corrected chi connectivity index (χ4v) is 3.10. The van der Waals surface area contributed by atoms with Gasteiger partial charge in [-0.15, -0.1) is 0 Å². The summed E-state index contributed by atoms with van der Waals surface area (Å²) in [7, 11) is 0. The number of carbonyl (C=O) groups excluding carboxylic acids is 2. The van der Waals surface area contributed by atoms with Crippen LogP contribution >= 0.6 is 0 Å². The predicted octanol–water partition coefficient (Wildman–Crippen LogP) is 5.51. The molecule has 3 aromatic carbocycles. The zero-order valence-corrected chi connectivity index (χ0v) is 18.3. The van der Waals surface area contributed by atoms with E-state index in [1.807, 2.05) is 6.07 Å². The molecule has 4 aromatic rings. The highest BCUT2D eigenvalue weighted by molar-refractivity contribution is 6.07. The van der Waals surface area contributed by atoms with Crippen molar-refractivity contribution in [3.05, 3.63) is 96.2 Å². The Morgan fingerprint density at radius 3 is 2.39 bits per heavy atom. The van der Waals surface area contributed by atoms with Gasteiger partial charge in [0.05, 0.1) is 17.5 Å². The zero-order valence-electron chi connectivity index (χ0n) is 18.3. The lowest BCUT2D eigenvalue weighted by molar-refractivity contribution is -0.189. The number of alkyl halides is 3. The summed E-state index contributed by atoms with van der Waals surface area (Å²) in [6.07, 6.45) is -3.86. The molecule has 11 heteroatoms. The van der Waals surface area contributed by atoms with Crippen molar-refractivity contribution in [2.75, 3.05) is 5.32 Å². The Morgan fingerprint density at radius 1 is 0.972 bits per heavy atom. The minimum Gasteiger partial charge on any atom is -0.486 e. The van der Waals surface area contributed by atoms with Gasteiger partial charge in [-0.25, -0.2) is 14.2 Å². The molecule has 0 aliphatic heterocycles. The molecule has 7 nitrogen and oxygen atoms in total. The molecule has 36 heavy (non-hydrogen) atoms. The van der Waals surface area contributed by atoms with Crippen LogP contribution in [0.4, 0.5) is 23.2 Å². The van der Waals surface area contributed by atoms with Gasteiger partial charge in [-0.05, 0) is 48.5 Å². The van der Waals surface area contributed by atoms with Crippen LogP contribution in [0.25, 0.3) is 11.3 Å². The highest BCUT2D eigenvalue weighted by atomic mass is 19.4. The van der Waals surface area contributed by atoms with Gasteiger partial charge in [-0.3, -0.25) is 4.79 Å². The molecule has 0 aliphatic carbocycles. The van der Waals surface area contributed by atoms with Crippen LogP contribution in [0.5, 0.6) is 11.5 Å². The second-order valence-electron chi connectivity index (χ2n) is 7.40. The molecular formula is C25H17F4N3O4. The summed E-state index contributed by atoms with van der Waals surface area (Å²) in [5, 5.41) is 2.42. The maximum Gasteiger partial charge on any atom is 0.491 e. The minimum atomic E-state index is -5.28. The number of anilines is 1. The number of rotatable bonds is 7. The van der Waals surface area contributed by atoms with Gasteiger partial charge in [0.2, 0.25) is 0 Å². The average Bonchev–Trinajstić information content (AvgIpc) is 3.33. The Hall–Kier alpha value is -4.67. The number of amides is 1. The fraction of sp³-hybridized carbons (Fsp3) is 0.0800. The van der Waals surface area contributed by atoms with Crippen LogP contribution < -0.4 is 14.8 Å². The predicted molar refractivity (Wildman–Crippen MR) is 121 cm³/mol. The van der Waals surface area contributed by atoms with Gasteiger partial charge in [0.1, 0.15) is 29.7 Å². The Kier molecular flexibility index (Phi) is 7.00. The van der Waals surface area contributed by atoms with Crippen LogP contribution in [-0.2, 0) is 11.4 Å². The van der Waals surface area contributed by atoms with Crippen LogP contribution in [0.15, 0.2) is 79.0 Å². The summed E-state index contributed by atoms with van der Waals surface area (Å²) in [5.41, 5.74) is 0.538. The molecule has 0 saturated heterocycles. The molecule has 0 atom stereocenters. The number of hydrogen-bond donors (Lipinski definition) is 2. The third-order valence-electron chi connectivity index (χ3n) is 4.82. The summed E-state index contributed by atoms with van der Waals surface area (Å²) in [6, 6.07) is 17.5. The molecule has 1 aromatic heterocycles.